The van der Waals surface area contributed by atoms with E-state index in [9.17, 15) is 9.59 Å². The van der Waals surface area contributed by atoms with Crippen molar-refractivity contribution in [2.45, 2.75) is 6.42 Å². The smallest absolute Gasteiger partial charge is 0.327 e. The van der Waals surface area contributed by atoms with Crippen LogP contribution in [0.4, 0.5) is 0 Å². The van der Waals surface area contributed by atoms with E-state index >= 15 is 0 Å². The van der Waals surface area contributed by atoms with Crippen LogP contribution in [0.3, 0.4) is 0 Å². The summed E-state index contributed by atoms with van der Waals surface area (Å²) >= 11 is 0. The van der Waals surface area contributed by atoms with Crippen molar-refractivity contribution in [1.82, 2.24) is 4.90 Å². The molecule has 0 spiro atoms. The molecule has 0 atom stereocenters. The zero-order chi connectivity index (χ0) is 12.4. The first-order chi connectivity index (χ1) is 6.81. The molecule has 0 saturated carbocycles. The number of amides is 1. The third-order valence-corrected chi connectivity index (χ3v) is 1.38. The summed E-state index contributed by atoms with van der Waals surface area (Å²) in [7, 11) is 3.88. The molecule has 0 aromatic rings. The molecule has 86 valence electrons. The van der Waals surface area contributed by atoms with Gasteiger partial charge in [-0.1, -0.05) is 13.2 Å². The number of carboxylic acids is 1. The maximum atomic E-state index is 10.4. The molecule has 0 radical (unpaired) electrons. The third kappa shape index (κ3) is 15.2. The Bertz CT molecular complexity index is 247. The Morgan fingerprint density at radius 1 is 1.47 bits per heavy atom. The molecule has 3 N–H and O–H groups in total. The first kappa shape index (κ1) is 15.8. The van der Waals surface area contributed by atoms with Gasteiger partial charge >= 0.3 is 5.97 Å². The number of aliphatic carboxylic acids is 1. The molecule has 0 aromatic heterocycles. The van der Waals surface area contributed by atoms with E-state index in [1.807, 2.05) is 19.0 Å². The van der Waals surface area contributed by atoms with Crippen LogP contribution in [0.15, 0.2) is 24.8 Å². The fourth-order valence-electron chi connectivity index (χ4n) is 0.482. The number of nitrogens with two attached hydrogens (primary N) is 1. The van der Waals surface area contributed by atoms with E-state index in [4.69, 9.17) is 10.8 Å². The van der Waals surface area contributed by atoms with Crippen molar-refractivity contribution < 1.29 is 14.7 Å². The lowest BCUT2D eigenvalue weighted by Gasteiger charge is -2.08. The minimum absolute atomic E-state index is 0.401. The number of primary amides is 1. The van der Waals surface area contributed by atoms with Crippen molar-refractivity contribution in [2.24, 2.45) is 5.73 Å². The second-order valence-electron chi connectivity index (χ2n) is 3.06. The molecule has 0 aliphatic rings. The van der Waals surface area contributed by atoms with Crippen molar-refractivity contribution in [3.63, 3.8) is 0 Å². The molecule has 0 saturated heterocycles. The fraction of sp³-hybridized carbons (Fsp3) is 0.400. The first-order valence-corrected chi connectivity index (χ1v) is 4.29. The van der Waals surface area contributed by atoms with E-state index in [2.05, 4.69) is 13.2 Å². The van der Waals surface area contributed by atoms with Crippen LogP contribution in [0.2, 0.25) is 0 Å². The summed E-state index contributed by atoms with van der Waals surface area (Å²) in [6.07, 6.45) is 1.49. The van der Waals surface area contributed by atoms with Gasteiger partial charge in [0.1, 0.15) is 0 Å². The van der Waals surface area contributed by atoms with Crippen LogP contribution in [0.5, 0.6) is 0 Å². The summed E-state index contributed by atoms with van der Waals surface area (Å²) in [5, 5.41) is 7.60. The maximum Gasteiger partial charge on any atom is 0.327 e. The SMILES string of the molecule is C=C(CCN(C)C)C(N)=O.C=CC(=O)O. The van der Waals surface area contributed by atoms with Gasteiger partial charge in [-0.2, -0.15) is 0 Å². The monoisotopic (exact) mass is 214 g/mol. The Morgan fingerprint density at radius 3 is 2.07 bits per heavy atom. The van der Waals surface area contributed by atoms with Crippen molar-refractivity contribution in [1.29, 1.82) is 0 Å². The van der Waals surface area contributed by atoms with Gasteiger partial charge in [0.05, 0.1) is 0 Å². The van der Waals surface area contributed by atoms with Crippen LogP contribution in [0, 0.1) is 0 Å². The number of nitrogens with zero attached hydrogens (tertiary/aromatic N) is 1. The van der Waals surface area contributed by atoms with Crippen LogP contribution >= 0.6 is 0 Å². The van der Waals surface area contributed by atoms with E-state index in [0.717, 1.165) is 12.6 Å². The summed E-state index contributed by atoms with van der Waals surface area (Å²) in [5.41, 5.74) is 5.46. The van der Waals surface area contributed by atoms with Crippen LogP contribution in [-0.4, -0.2) is 42.5 Å². The predicted molar refractivity (Wildman–Crippen MR) is 59.3 cm³/mol. The highest BCUT2D eigenvalue weighted by molar-refractivity contribution is 5.91. The number of carbonyl (C=O) groups excluding carboxylic acids is 1. The third-order valence-electron chi connectivity index (χ3n) is 1.38. The van der Waals surface area contributed by atoms with Crippen molar-refractivity contribution in [3.8, 4) is 0 Å². The highest BCUT2D eigenvalue weighted by atomic mass is 16.4. The number of hydrogen-bond acceptors (Lipinski definition) is 3. The lowest BCUT2D eigenvalue weighted by atomic mass is 10.2. The van der Waals surface area contributed by atoms with E-state index in [0.29, 0.717) is 12.0 Å². The van der Waals surface area contributed by atoms with Crippen LogP contribution < -0.4 is 5.73 Å². The Labute approximate surface area is 89.9 Å². The molecule has 0 fully saturated rings. The minimum atomic E-state index is -0.981. The molecule has 5 heteroatoms. The standard InChI is InChI=1S/C7H14N2O.C3H4O2/c1-6(7(8)10)4-5-9(2)3;1-2-3(4)5/h1,4-5H2,2-3H3,(H2,8,10);2H,1H2,(H,4,5). The maximum absolute atomic E-state index is 10.4. The van der Waals surface area contributed by atoms with Crippen molar-refractivity contribution >= 4 is 11.9 Å². The van der Waals surface area contributed by atoms with E-state index in [1.54, 1.807) is 0 Å². The zero-order valence-electron chi connectivity index (χ0n) is 9.19. The quantitative estimate of drug-likeness (QED) is 0.642. The molecular weight excluding hydrogens is 196 g/mol. The van der Waals surface area contributed by atoms with Gasteiger partial charge in [0, 0.05) is 18.2 Å². The van der Waals surface area contributed by atoms with Gasteiger partial charge in [-0.25, -0.2) is 4.79 Å². The largest absolute Gasteiger partial charge is 0.478 e. The molecule has 0 heterocycles. The van der Waals surface area contributed by atoms with Gasteiger partial charge in [-0.15, -0.1) is 0 Å². The molecule has 5 nitrogen and oxygen atoms in total. The summed E-state index contributed by atoms with van der Waals surface area (Å²) < 4.78 is 0. The molecular formula is C10H18N2O3. The number of carboxylic acid groups (broad SMARTS) is 1. The molecule has 0 rings (SSSR count). The average Bonchev–Trinajstić information content (AvgIpc) is 2.14. The van der Waals surface area contributed by atoms with Crippen LogP contribution in [-0.2, 0) is 9.59 Å². The first-order valence-electron chi connectivity index (χ1n) is 4.29. The summed E-state index contributed by atoms with van der Waals surface area (Å²) in [6.45, 7) is 7.31. The Hall–Kier alpha value is -1.62. The molecule has 0 unspecified atom stereocenters. The minimum Gasteiger partial charge on any atom is -0.478 e. The molecule has 1 amide bonds. The number of rotatable bonds is 5. The Balaban J connectivity index is 0. The normalized spacial score (nSPS) is 8.73. The summed E-state index contributed by atoms with van der Waals surface area (Å²) in [5.74, 6) is -1.38. The lowest BCUT2D eigenvalue weighted by Crippen LogP contribution is -2.19. The highest BCUT2D eigenvalue weighted by Crippen LogP contribution is 1.95. The number of hydrogen-bond donors (Lipinski definition) is 2. The topological polar surface area (TPSA) is 83.6 Å². The van der Waals surface area contributed by atoms with Gasteiger partial charge in [-0.3, -0.25) is 4.79 Å². The number of carbonyl (C=O) groups is 2. The van der Waals surface area contributed by atoms with Gasteiger partial charge in [0.2, 0.25) is 5.91 Å². The second kappa shape index (κ2) is 8.96. The zero-order valence-corrected chi connectivity index (χ0v) is 9.19. The van der Waals surface area contributed by atoms with Gasteiger partial charge in [-0.05, 0) is 20.5 Å². The van der Waals surface area contributed by atoms with Gasteiger partial charge in [0.25, 0.3) is 0 Å². The predicted octanol–water partition coefficient (Wildman–Crippen LogP) is 0.237. The summed E-state index contributed by atoms with van der Waals surface area (Å²) in [6, 6.07) is 0. The molecule has 0 aromatic carbocycles. The lowest BCUT2D eigenvalue weighted by molar-refractivity contribution is -0.131. The molecule has 0 aliphatic heterocycles. The molecule has 15 heavy (non-hydrogen) atoms. The molecule has 0 aliphatic carbocycles. The van der Waals surface area contributed by atoms with Crippen molar-refractivity contribution in [2.75, 3.05) is 20.6 Å². The average molecular weight is 214 g/mol. The highest BCUT2D eigenvalue weighted by Gasteiger charge is 2.00. The fourth-order valence-corrected chi connectivity index (χ4v) is 0.482. The van der Waals surface area contributed by atoms with Crippen molar-refractivity contribution in [3.05, 3.63) is 24.8 Å². The van der Waals surface area contributed by atoms with Crippen LogP contribution in [0.1, 0.15) is 6.42 Å². The summed E-state index contributed by atoms with van der Waals surface area (Å²) in [4.78, 5) is 21.6. The van der Waals surface area contributed by atoms with Crippen LogP contribution in [0.25, 0.3) is 0 Å². The second-order valence-corrected chi connectivity index (χ2v) is 3.06. The molecule has 0 bridgehead atoms. The Kier molecular flexibility index (Phi) is 9.45. The van der Waals surface area contributed by atoms with E-state index < -0.39 is 11.9 Å². The van der Waals surface area contributed by atoms with Gasteiger partial charge < -0.3 is 15.7 Å². The van der Waals surface area contributed by atoms with Gasteiger partial charge in [0.15, 0.2) is 0 Å². The van der Waals surface area contributed by atoms with E-state index in [-0.39, 0.29) is 0 Å². The Morgan fingerprint density at radius 2 is 1.87 bits per heavy atom. The van der Waals surface area contributed by atoms with E-state index in [1.165, 1.54) is 0 Å².